The molecular weight excluding hydrogens is 559 g/mol. The molecule has 0 aliphatic heterocycles. The second-order valence-corrected chi connectivity index (χ2v) is 12.2. The highest BCUT2D eigenvalue weighted by Gasteiger charge is 2.33. The van der Waals surface area contributed by atoms with Crippen LogP contribution in [0.2, 0.25) is 10.0 Å². The van der Waals surface area contributed by atoms with Crippen LogP contribution in [0, 0.1) is 10.1 Å². The molecule has 14 heteroatoms. The van der Waals surface area contributed by atoms with Crippen LogP contribution in [0.5, 0.6) is 5.75 Å². The topological polar surface area (TPSA) is 139 Å². The number of non-ortho nitro benzene ring substituents is 1. The van der Waals surface area contributed by atoms with E-state index in [4.69, 9.17) is 27.9 Å². The van der Waals surface area contributed by atoms with Crippen molar-refractivity contribution < 1.29 is 27.7 Å². The van der Waals surface area contributed by atoms with Gasteiger partial charge in [-0.2, -0.15) is 0 Å². The Kier molecular flexibility index (Phi) is 9.98. The van der Waals surface area contributed by atoms with E-state index in [0.29, 0.717) is 9.87 Å². The van der Waals surface area contributed by atoms with Gasteiger partial charge in [-0.3, -0.25) is 24.0 Å². The zero-order chi connectivity index (χ0) is 29.0. The van der Waals surface area contributed by atoms with Crippen molar-refractivity contribution in [2.24, 2.45) is 0 Å². The van der Waals surface area contributed by atoms with E-state index in [9.17, 15) is 28.1 Å². The van der Waals surface area contributed by atoms with Crippen LogP contribution in [0.3, 0.4) is 0 Å². The zero-order valence-corrected chi connectivity index (χ0v) is 24.1. The summed E-state index contributed by atoms with van der Waals surface area (Å²) < 4.78 is 31.5. The smallest absolute Gasteiger partial charge is 0.271 e. The van der Waals surface area contributed by atoms with E-state index in [0.717, 1.165) is 23.3 Å². The molecular formula is C24H30Cl2N4O7S. The monoisotopic (exact) mass is 588 g/mol. The zero-order valence-electron chi connectivity index (χ0n) is 21.8. The lowest BCUT2D eigenvalue weighted by Crippen LogP contribution is -2.54. The van der Waals surface area contributed by atoms with Crippen molar-refractivity contribution in [3.8, 4) is 5.75 Å². The fraction of sp³-hybridized carbons (Fsp3) is 0.417. The molecule has 1 atom stereocenters. The van der Waals surface area contributed by atoms with Gasteiger partial charge in [0.2, 0.25) is 21.8 Å². The lowest BCUT2D eigenvalue weighted by molar-refractivity contribution is -0.384. The number of nitro benzene ring substituents is 1. The van der Waals surface area contributed by atoms with E-state index in [-0.39, 0.29) is 28.0 Å². The molecule has 0 fully saturated rings. The van der Waals surface area contributed by atoms with E-state index in [1.54, 1.807) is 39.0 Å². The van der Waals surface area contributed by atoms with Gasteiger partial charge in [0.1, 0.15) is 24.0 Å². The first-order chi connectivity index (χ1) is 17.5. The van der Waals surface area contributed by atoms with Crippen molar-refractivity contribution in [2.45, 2.75) is 45.8 Å². The molecule has 1 N–H and O–H groups in total. The Labute approximate surface area is 231 Å². The van der Waals surface area contributed by atoms with Crippen LogP contribution in [-0.4, -0.2) is 61.5 Å². The van der Waals surface area contributed by atoms with Crippen LogP contribution >= 0.6 is 23.2 Å². The number of benzene rings is 2. The molecule has 0 bridgehead atoms. The summed E-state index contributed by atoms with van der Waals surface area (Å²) in [6.45, 7) is 5.81. The molecule has 0 aliphatic rings. The molecule has 2 aromatic carbocycles. The van der Waals surface area contributed by atoms with Gasteiger partial charge in [-0.15, -0.1) is 0 Å². The van der Waals surface area contributed by atoms with Gasteiger partial charge < -0.3 is 15.0 Å². The summed E-state index contributed by atoms with van der Waals surface area (Å²) in [5.74, 6) is -1.28. The van der Waals surface area contributed by atoms with Gasteiger partial charge in [-0.1, -0.05) is 29.3 Å². The van der Waals surface area contributed by atoms with Crippen molar-refractivity contribution in [3.05, 3.63) is 62.1 Å². The predicted octanol–water partition coefficient (Wildman–Crippen LogP) is 4.01. The summed E-state index contributed by atoms with van der Waals surface area (Å²) in [6.07, 6.45) is 0.851. The summed E-state index contributed by atoms with van der Waals surface area (Å²) in [5, 5.41) is 14.6. The maximum absolute atomic E-state index is 13.7. The van der Waals surface area contributed by atoms with E-state index in [1.165, 1.54) is 20.1 Å². The van der Waals surface area contributed by atoms with Crippen LogP contribution < -0.4 is 14.4 Å². The van der Waals surface area contributed by atoms with Crippen LogP contribution in [0.15, 0.2) is 36.4 Å². The molecule has 2 amide bonds. The van der Waals surface area contributed by atoms with E-state index < -0.39 is 50.6 Å². The number of ether oxygens (including phenoxy) is 1. The number of halogens is 2. The average molecular weight is 589 g/mol. The number of nitro groups is 1. The molecule has 0 saturated heterocycles. The minimum atomic E-state index is -4.15. The van der Waals surface area contributed by atoms with E-state index >= 15 is 0 Å². The summed E-state index contributed by atoms with van der Waals surface area (Å²) in [4.78, 5) is 38.6. The van der Waals surface area contributed by atoms with Gasteiger partial charge in [0.05, 0.1) is 18.3 Å². The Balaban J connectivity index is 2.59. The van der Waals surface area contributed by atoms with Gasteiger partial charge >= 0.3 is 0 Å². The molecule has 0 unspecified atom stereocenters. The molecule has 38 heavy (non-hydrogen) atoms. The number of rotatable bonds is 10. The summed E-state index contributed by atoms with van der Waals surface area (Å²) >= 11 is 12.6. The third-order valence-corrected chi connectivity index (χ3v) is 7.21. The highest BCUT2D eigenvalue weighted by Crippen LogP contribution is 2.34. The normalized spacial score (nSPS) is 12.4. The van der Waals surface area contributed by atoms with Gasteiger partial charge in [0.25, 0.3) is 5.69 Å². The first-order valence-corrected chi connectivity index (χ1v) is 13.9. The fourth-order valence-electron chi connectivity index (χ4n) is 3.49. The fourth-order valence-corrected chi connectivity index (χ4v) is 4.85. The summed E-state index contributed by atoms with van der Waals surface area (Å²) in [6, 6.07) is 7.08. The maximum Gasteiger partial charge on any atom is 0.271 e. The Morgan fingerprint density at radius 3 is 2.21 bits per heavy atom. The number of carbonyl (C=O) groups is 2. The Hall–Kier alpha value is -3.09. The molecule has 0 spiro atoms. The van der Waals surface area contributed by atoms with Crippen molar-refractivity contribution in [1.29, 1.82) is 0 Å². The van der Waals surface area contributed by atoms with Crippen LogP contribution in [-0.2, 0) is 26.2 Å². The van der Waals surface area contributed by atoms with Crippen molar-refractivity contribution in [1.82, 2.24) is 10.2 Å². The number of anilines is 1. The predicted molar refractivity (Wildman–Crippen MR) is 146 cm³/mol. The SMILES string of the molecule is COc1ccc([N+](=O)[O-])cc1N(CC(=O)N(Cc1c(Cl)cccc1Cl)[C@@H](C)C(=O)NC(C)(C)C)S(C)(=O)=O. The lowest BCUT2D eigenvalue weighted by Gasteiger charge is -2.33. The van der Waals surface area contributed by atoms with Crippen LogP contribution in [0.1, 0.15) is 33.3 Å². The number of methoxy groups -OCH3 is 1. The molecule has 0 heterocycles. The van der Waals surface area contributed by atoms with Crippen LogP contribution in [0.25, 0.3) is 0 Å². The van der Waals surface area contributed by atoms with E-state index in [1.807, 2.05) is 0 Å². The first kappa shape index (κ1) is 31.1. The van der Waals surface area contributed by atoms with Gasteiger partial charge in [-0.05, 0) is 45.9 Å². The Morgan fingerprint density at radius 1 is 1.16 bits per heavy atom. The summed E-state index contributed by atoms with van der Waals surface area (Å²) in [5.41, 5.74) is -0.866. The van der Waals surface area contributed by atoms with Gasteiger partial charge in [-0.25, -0.2) is 8.42 Å². The molecule has 0 saturated carbocycles. The Morgan fingerprint density at radius 2 is 1.74 bits per heavy atom. The number of hydrogen-bond donors (Lipinski definition) is 1. The lowest BCUT2D eigenvalue weighted by atomic mass is 10.1. The second kappa shape index (κ2) is 12.2. The molecule has 2 rings (SSSR count). The Bertz CT molecular complexity index is 1310. The number of nitrogens with zero attached hydrogens (tertiary/aromatic N) is 3. The maximum atomic E-state index is 13.7. The molecule has 0 radical (unpaired) electrons. The quantitative estimate of drug-likeness (QED) is 0.326. The molecule has 11 nitrogen and oxygen atoms in total. The largest absolute Gasteiger partial charge is 0.495 e. The van der Waals surface area contributed by atoms with Crippen molar-refractivity contribution in [3.63, 3.8) is 0 Å². The number of nitrogens with one attached hydrogen (secondary N) is 1. The molecule has 208 valence electrons. The van der Waals surface area contributed by atoms with Gasteiger partial charge in [0.15, 0.2) is 0 Å². The first-order valence-electron chi connectivity index (χ1n) is 11.3. The standard InChI is InChI=1S/C24H30Cl2N4O7S/c1-15(23(32)27-24(2,3)4)28(13-17-18(25)8-7-9-19(17)26)22(31)14-29(38(6,35)36)20-12-16(30(33)34)10-11-21(20)37-5/h7-12,15H,13-14H2,1-6H3,(H,27,32)/t15-/m0/s1. The molecule has 0 aliphatic carbocycles. The minimum absolute atomic E-state index is 0.00644. The van der Waals surface area contributed by atoms with Crippen molar-refractivity contribution in [2.75, 3.05) is 24.2 Å². The second-order valence-electron chi connectivity index (χ2n) is 9.52. The third-order valence-electron chi connectivity index (χ3n) is 5.38. The number of sulfonamides is 1. The average Bonchev–Trinajstić information content (AvgIpc) is 2.79. The molecule has 0 aromatic heterocycles. The third kappa shape index (κ3) is 7.95. The molecule has 2 aromatic rings. The van der Waals surface area contributed by atoms with Crippen molar-refractivity contribution >= 4 is 56.4 Å². The number of hydrogen-bond acceptors (Lipinski definition) is 7. The van der Waals surface area contributed by atoms with Crippen LogP contribution in [0.4, 0.5) is 11.4 Å². The van der Waals surface area contributed by atoms with E-state index in [2.05, 4.69) is 5.32 Å². The minimum Gasteiger partial charge on any atom is -0.495 e. The summed E-state index contributed by atoms with van der Waals surface area (Å²) in [7, 11) is -2.89. The van der Waals surface area contributed by atoms with Gasteiger partial charge in [0, 0.05) is 39.8 Å². The highest BCUT2D eigenvalue weighted by atomic mass is 35.5. The number of amides is 2. The highest BCUT2D eigenvalue weighted by molar-refractivity contribution is 7.92. The number of carbonyl (C=O) groups excluding carboxylic acids is 2.